The van der Waals surface area contributed by atoms with Crippen LogP contribution >= 0.6 is 0 Å². The zero-order chi connectivity index (χ0) is 15.2. The van der Waals surface area contributed by atoms with Gasteiger partial charge in [-0.25, -0.2) is 4.79 Å². The fourth-order valence-electron chi connectivity index (χ4n) is 2.46. The lowest BCUT2D eigenvalue weighted by Crippen LogP contribution is -2.39. The minimum absolute atomic E-state index is 0.105. The molecule has 0 aromatic carbocycles. The lowest BCUT2D eigenvalue weighted by Gasteiger charge is -2.31. The molecule has 0 radical (unpaired) electrons. The molecule has 20 heavy (non-hydrogen) atoms. The van der Waals surface area contributed by atoms with Gasteiger partial charge >= 0.3 is 6.09 Å². The van der Waals surface area contributed by atoms with Crippen molar-refractivity contribution in [2.24, 2.45) is 11.8 Å². The van der Waals surface area contributed by atoms with Crippen molar-refractivity contribution in [3.8, 4) is 0 Å². The van der Waals surface area contributed by atoms with Crippen LogP contribution in [0.2, 0.25) is 0 Å². The molecule has 1 amide bonds. The Bertz CT molecular complexity index is 340. The molecule has 1 aliphatic carbocycles. The van der Waals surface area contributed by atoms with Crippen LogP contribution in [0.3, 0.4) is 0 Å². The summed E-state index contributed by atoms with van der Waals surface area (Å²) in [6, 6.07) is 0. The summed E-state index contributed by atoms with van der Waals surface area (Å²) in [4.78, 5) is 26.3. The van der Waals surface area contributed by atoms with Crippen molar-refractivity contribution in [2.45, 2.75) is 52.1 Å². The van der Waals surface area contributed by atoms with Crippen molar-refractivity contribution in [3.63, 3.8) is 0 Å². The van der Waals surface area contributed by atoms with Crippen molar-refractivity contribution in [3.05, 3.63) is 10.1 Å². The van der Waals surface area contributed by atoms with Crippen LogP contribution in [-0.2, 0) is 9.57 Å². The predicted molar refractivity (Wildman–Crippen MR) is 72.6 cm³/mol. The molecule has 1 N–H and O–H groups in total. The van der Waals surface area contributed by atoms with Crippen molar-refractivity contribution in [1.82, 2.24) is 5.32 Å². The van der Waals surface area contributed by atoms with Crippen molar-refractivity contribution in [2.75, 3.05) is 13.2 Å². The van der Waals surface area contributed by atoms with E-state index in [2.05, 4.69) is 10.2 Å². The average molecular weight is 288 g/mol. The third-order valence-electron chi connectivity index (χ3n) is 3.37. The van der Waals surface area contributed by atoms with E-state index in [4.69, 9.17) is 4.74 Å². The van der Waals surface area contributed by atoms with Crippen LogP contribution in [0.5, 0.6) is 0 Å². The fourth-order valence-corrected chi connectivity index (χ4v) is 2.46. The molecule has 2 atom stereocenters. The molecule has 0 saturated heterocycles. The van der Waals surface area contributed by atoms with Gasteiger partial charge in [0.1, 0.15) is 5.60 Å². The minimum Gasteiger partial charge on any atom is -0.444 e. The molecule has 7 nitrogen and oxygen atoms in total. The van der Waals surface area contributed by atoms with Gasteiger partial charge in [0.15, 0.2) is 0 Å². The Morgan fingerprint density at radius 1 is 1.30 bits per heavy atom. The summed E-state index contributed by atoms with van der Waals surface area (Å²) in [7, 11) is 0. The topological polar surface area (TPSA) is 90.7 Å². The number of rotatable bonds is 5. The number of ether oxygens (including phenoxy) is 1. The summed E-state index contributed by atoms with van der Waals surface area (Å²) in [5.74, 6) is 0.320. The van der Waals surface area contributed by atoms with E-state index in [9.17, 15) is 14.9 Å². The maximum Gasteiger partial charge on any atom is 0.407 e. The Morgan fingerprint density at radius 2 is 1.90 bits per heavy atom. The highest BCUT2D eigenvalue weighted by Gasteiger charge is 2.27. The molecule has 0 bridgehead atoms. The number of hydrogen-bond donors (Lipinski definition) is 1. The summed E-state index contributed by atoms with van der Waals surface area (Å²) in [6.07, 6.45) is 3.53. The van der Waals surface area contributed by atoms with E-state index >= 15 is 0 Å². The molecule has 0 aliphatic heterocycles. The maximum absolute atomic E-state index is 11.6. The van der Waals surface area contributed by atoms with Crippen LogP contribution in [-0.4, -0.2) is 29.9 Å². The number of alkyl carbamates (subject to hydrolysis) is 1. The molecular weight excluding hydrogens is 264 g/mol. The van der Waals surface area contributed by atoms with E-state index in [1.54, 1.807) is 20.8 Å². The number of amides is 1. The number of nitrogens with zero attached hydrogens (tertiary/aromatic N) is 1. The van der Waals surface area contributed by atoms with Crippen LogP contribution in [0.25, 0.3) is 0 Å². The van der Waals surface area contributed by atoms with Gasteiger partial charge < -0.3 is 14.9 Å². The van der Waals surface area contributed by atoms with E-state index in [0.29, 0.717) is 6.54 Å². The van der Waals surface area contributed by atoms with Gasteiger partial charge in [0.05, 0.1) is 6.61 Å². The van der Waals surface area contributed by atoms with Crippen LogP contribution in [0.15, 0.2) is 0 Å². The first kappa shape index (κ1) is 16.5. The first-order valence-corrected chi connectivity index (χ1v) is 7.02. The summed E-state index contributed by atoms with van der Waals surface area (Å²) in [5, 5.41) is 12.2. The molecule has 0 unspecified atom stereocenters. The summed E-state index contributed by atoms with van der Waals surface area (Å²) in [5.41, 5.74) is -0.523. The van der Waals surface area contributed by atoms with Gasteiger partial charge in [0, 0.05) is 6.54 Å². The zero-order valence-electron chi connectivity index (χ0n) is 12.4. The third kappa shape index (κ3) is 6.58. The SMILES string of the molecule is CC(C)(C)OC(=O)NC[C@@H]1CCCC[C@H]1CO[N+](=O)[O-]. The molecule has 116 valence electrons. The second-order valence-corrected chi connectivity index (χ2v) is 6.21. The molecule has 0 spiro atoms. The number of carbonyl (C=O) groups is 1. The van der Waals surface area contributed by atoms with Crippen molar-refractivity contribution in [1.29, 1.82) is 0 Å². The smallest absolute Gasteiger partial charge is 0.407 e. The summed E-state index contributed by atoms with van der Waals surface area (Å²) >= 11 is 0. The second kappa shape index (κ2) is 7.31. The minimum atomic E-state index is -0.757. The Labute approximate surface area is 119 Å². The predicted octanol–water partition coefficient (Wildman–Crippen LogP) is 2.53. The van der Waals surface area contributed by atoms with Gasteiger partial charge in [-0.2, -0.15) is 0 Å². The number of nitrogens with one attached hydrogen (secondary N) is 1. The fraction of sp³-hybridized carbons (Fsp3) is 0.923. The quantitative estimate of drug-likeness (QED) is 0.620. The highest BCUT2D eigenvalue weighted by atomic mass is 16.9. The Hall–Kier alpha value is -1.53. The van der Waals surface area contributed by atoms with Gasteiger partial charge in [-0.3, -0.25) is 0 Å². The van der Waals surface area contributed by atoms with Gasteiger partial charge in [-0.1, -0.05) is 12.8 Å². The number of carbonyl (C=O) groups excluding carboxylic acids is 1. The Balaban J connectivity index is 2.38. The largest absolute Gasteiger partial charge is 0.444 e. The van der Waals surface area contributed by atoms with E-state index in [0.717, 1.165) is 25.7 Å². The monoisotopic (exact) mass is 288 g/mol. The van der Waals surface area contributed by atoms with Crippen LogP contribution in [0.1, 0.15) is 46.5 Å². The van der Waals surface area contributed by atoms with Gasteiger partial charge in [-0.05, 0) is 45.4 Å². The first-order valence-electron chi connectivity index (χ1n) is 7.02. The third-order valence-corrected chi connectivity index (χ3v) is 3.37. The lowest BCUT2D eigenvalue weighted by atomic mass is 9.79. The van der Waals surface area contributed by atoms with E-state index < -0.39 is 16.8 Å². The molecule has 0 heterocycles. The van der Waals surface area contributed by atoms with Crippen molar-refractivity contribution >= 4 is 6.09 Å². The highest BCUT2D eigenvalue weighted by molar-refractivity contribution is 5.67. The van der Waals surface area contributed by atoms with Gasteiger partial charge in [0.25, 0.3) is 5.09 Å². The highest BCUT2D eigenvalue weighted by Crippen LogP contribution is 2.29. The van der Waals surface area contributed by atoms with Crippen molar-refractivity contribution < 1.29 is 19.5 Å². The zero-order valence-corrected chi connectivity index (χ0v) is 12.4. The van der Waals surface area contributed by atoms with Crippen LogP contribution < -0.4 is 5.32 Å². The molecular formula is C13H24N2O5. The summed E-state index contributed by atoms with van der Waals surface area (Å²) < 4.78 is 5.17. The van der Waals surface area contributed by atoms with E-state index in [-0.39, 0.29) is 18.4 Å². The van der Waals surface area contributed by atoms with Crippen LogP contribution in [0, 0.1) is 22.0 Å². The van der Waals surface area contributed by atoms with E-state index in [1.807, 2.05) is 0 Å². The standard InChI is InChI=1S/C13H24N2O5/c1-13(2,3)20-12(16)14-8-10-6-4-5-7-11(10)9-19-15(17)18/h10-11H,4-9H2,1-3H3,(H,14,16)/t10-,11-/m0/s1. The van der Waals surface area contributed by atoms with Crippen LogP contribution in [0.4, 0.5) is 4.79 Å². The van der Waals surface area contributed by atoms with Gasteiger partial charge in [0.2, 0.25) is 0 Å². The molecule has 0 aromatic heterocycles. The molecule has 7 heteroatoms. The second-order valence-electron chi connectivity index (χ2n) is 6.21. The Morgan fingerprint density at radius 3 is 2.45 bits per heavy atom. The molecule has 1 saturated carbocycles. The molecule has 0 aromatic rings. The molecule has 1 fully saturated rings. The lowest BCUT2D eigenvalue weighted by molar-refractivity contribution is -0.759. The normalized spacial score (nSPS) is 22.9. The maximum atomic E-state index is 11.6. The molecule has 1 aliphatic rings. The number of hydrogen-bond acceptors (Lipinski definition) is 5. The van der Waals surface area contributed by atoms with Gasteiger partial charge in [-0.15, -0.1) is 10.1 Å². The van der Waals surface area contributed by atoms with E-state index in [1.165, 1.54) is 0 Å². The Kier molecular flexibility index (Phi) is 6.04. The molecule has 1 rings (SSSR count). The first-order chi connectivity index (χ1) is 9.28. The average Bonchev–Trinajstić information content (AvgIpc) is 2.32. The summed E-state index contributed by atoms with van der Waals surface area (Å²) in [6.45, 7) is 6.00.